The van der Waals surface area contributed by atoms with Gasteiger partial charge in [0.1, 0.15) is 0 Å². The van der Waals surface area contributed by atoms with Crippen LogP contribution >= 0.6 is 55.6 Å². The Morgan fingerprint density at radius 3 is 1.33 bits per heavy atom. The molecule has 0 aliphatic rings. The molecule has 0 fully saturated rings. The van der Waals surface area contributed by atoms with E-state index in [0.717, 1.165) is 24.3 Å². The topological polar surface area (TPSA) is 40.5 Å². The van der Waals surface area contributed by atoms with Crippen LogP contribution in [0.2, 0.25) is 0 Å². The van der Waals surface area contributed by atoms with Gasteiger partial charge in [0.05, 0.1) is 0 Å². The number of rotatable bonds is 7. The van der Waals surface area contributed by atoms with Crippen molar-refractivity contribution in [2.45, 2.75) is 12.8 Å². The molecule has 0 rings (SSSR count). The fraction of sp³-hybridized carbons (Fsp3) is 1.00. The summed E-state index contributed by atoms with van der Waals surface area (Å²) in [5, 5.41) is 16.8. The van der Waals surface area contributed by atoms with Gasteiger partial charge in [0.2, 0.25) is 0 Å². The normalized spacial score (nSPS) is 8.50. The van der Waals surface area contributed by atoms with Crippen molar-refractivity contribution in [3.8, 4) is 0 Å². The molecule has 2 N–H and O–H groups in total. The zero-order valence-electron chi connectivity index (χ0n) is 6.77. The predicted octanol–water partition coefficient (Wildman–Crippen LogP) is 2.29. The minimum atomic E-state index is 0. The molecule has 78 valence electrons. The smallest absolute Gasteiger partial charge is 0.0439 e. The zero-order valence-corrected chi connectivity index (χ0v) is 11.8. The Kier molecular flexibility index (Phi) is 29.4. The van der Waals surface area contributed by atoms with Gasteiger partial charge in [-0.2, -0.15) is 0 Å². The van der Waals surface area contributed by atoms with Crippen LogP contribution in [-0.2, 0) is 0 Å². The molecule has 0 spiro atoms. The molecule has 12 heavy (non-hydrogen) atoms. The molecule has 0 unspecified atom stereocenters. The number of halogens is 2. The van der Waals surface area contributed by atoms with Crippen molar-refractivity contribution in [2.24, 2.45) is 0 Å². The second kappa shape index (κ2) is 18.4. The highest BCUT2D eigenvalue weighted by Gasteiger charge is 1.88. The third-order valence-electron chi connectivity index (χ3n) is 0.855. The van der Waals surface area contributed by atoms with Crippen molar-refractivity contribution in [2.75, 3.05) is 24.7 Å². The monoisotopic (exact) mass is 342 g/mol. The van der Waals surface area contributed by atoms with Crippen LogP contribution in [0.1, 0.15) is 12.8 Å². The van der Waals surface area contributed by atoms with Gasteiger partial charge in [-0.15, -0.1) is 34.0 Å². The lowest BCUT2D eigenvalue weighted by Crippen LogP contribution is -1.85. The van der Waals surface area contributed by atoms with Crippen molar-refractivity contribution in [3.05, 3.63) is 0 Å². The Bertz CT molecular complexity index is 61.5. The van der Waals surface area contributed by atoms with Gasteiger partial charge in [0.25, 0.3) is 0 Å². The van der Waals surface area contributed by atoms with E-state index < -0.39 is 0 Å². The molecule has 0 atom stereocenters. The summed E-state index contributed by atoms with van der Waals surface area (Å²) in [7, 11) is 3.53. The summed E-state index contributed by atoms with van der Waals surface area (Å²) in [5.74, 6) is 2.01. The quantitative estimate of drug-likeness (QED) is 0.549. The van der Waals surface area contributed by atoms with Gasteiger partial charge in [-0.1, -0.05) is 21.6 Å². The van der Waals surface area contributed by atoms with Crippen LogP contribution in [0.15, 0.2) is 0 Å². The molecule has 0 aromatic heterocycles. The van der Waals surface area contributed by atoms with Crippen molar-refractivity contribution in [1.82, 2.24) is 0 Å². The average molecular weight is 344 g/mol. The molecule has 0 aliphatic heterocycles. The van der Waals surface area contributed by atoms with E-state index in [1.54, 1.807) is 21.6 Å². The molecule has 0 aromatic rings. The largest absolute Gasteiger partial charge is 0.396 e. The Hall–Kier alpha value is 1.58. The standard InChI is InChI=1S/C6H14O2S2.2BrH/c7-3-1-5-9-10-6-2-4-8;;/h7-8H,1-6H2;2*1H. The lowest BCUT2D eigenvalue weighted by molar-refractivity contribution is 0.296. The molecule has 0 aliphatic carbocycles. The Morgan fingerprint density at radius 2 is 1.08 bits per heavy atom. The second-order valence-electron chi connectivity index (χ2n) is 1.80. The van der Waals surface area contributed by atoms with Gasteiger partial charge in [0, 0.05) is 24.7 Å². The first kappa shape index (κ1) is 19.2. The number of aliphatic hydroxyl groups excluding tert-OH is 2. The minimum Gasteiger partial charge on any atom is -0.396 e. The van der Waals surface area contributed by atoms with E-state index in [1.165, 1.54) is 0 Å². The maximum absolute atomic E-state index is 8.41. The van der Waals surface area contributed by atoms with E-state index in [0.29, 0.717) is 0 Å². The Balaban J connectivity index is -0.000000405. The zero-order chi connectivity index (χ0) is 7.66. The highest BCUT2D eigenvalue weighted by atomic mass is 79.9. The van der Waals surface area contributed by atoms with Crippen LogP contribution in [0.4, 0.5) is 0 Å². The van der Waals surface area contributed by atoms with Gasteiger partial charge in [-0.05, 0) is 12.8 Å². The molecule has 0 heterocycles. The molecular weight excluding hydrogens is 328 g/mol. The van der Waals surface area contributed by atoms with Crippen molar-refractivity contribution in [3.63, 3.8) is 0 Å². The molecule has 0 saturated carbocycles. The first-order valence-electron chi connectivity index (χ1n) is 3.38. The van der Waals surface area contributed by atoms with Gasteiger partial charge < -0.3 is 10.2 Å². The summed E-state index contributed by atoms with van der Waals surface area (Å²) in [6, 6.07) is 0. The number of hydrogen-bond donors (Lipinski definition) is 2. The summed E-state index contributed by atoms with van der Waals surface area (Å²) < 4.78 is 0. The third kappa shape index (κ3) is 17.6. The summed E-state index contributed by atoms with van der Waals surface area (Å²) in [6.45, 7) is 0.571. The molecule has 2 nitrogen and oxygen atoms in total. The van der Waals surface area contributed by atoms with E-state index in [9.17, 15) is 0 Å². The van der Waals surface area contributed by atoms with E-state index in [1.807, 2.05) is 0 Å². The van der Waals surface area contributed by atoms with Gasteiger partial charge in [-0.25, -0.2) is 0 Å². The SMILES string of the molecule is Br.Br.OCCCSSCCCO. The number of aliphatic hydroxyl groups is 2. The van der Waals surface area contributed by atoms with Crippen molar-refractivity contribution in [1.29, 1.82) is 0 Å². The summed E-state index contributed by atoms with van der Waals surface area (Å²) in [5.41, 5.74) is 0. The fourth-order valence-electron chi connectivity index (χ4n) is 0.365. The van der Waals surface area contributed by atoms with E-state index in [-0.39, 0.29) is 47.2 Å². The molecule has 0 aromatic carbocycles. The van der Waals surface area contributed by atoms with Crippen LogP contribution in [0.5, 0.6) is 0 Å². The van der Waals surface area contributed by atoms with Gasteiger partial charge >= 0.3 is 0 Å². The van der Waals surface area contributed by atoms with Crippen LogP contribution in [0, 0.1) is 0 Å². The first-order valence-corrected chi connectivity index (χ1v) is 5.86. The highest BCUT2D eigenvalue weighted by Crippen LogP contribution is 2.21. The molecule has 0 bridgehead atoms. The van der Waals surface area contributed by atoms with Crippen LogP contribution in [0.25, 0.3) is 0 Å². The maximum Gasteiger partial charge on any atom is 0.0439 e. The Morgan fingerprint density at radius 1 is 0.750 bits per heavy atom. The summed E-state index contributed by atoms with van der Waals surface area (Å²) >= 11 is 0. The van der Waals surface area contributed by atoms with Crippen LogP contribution in [0.3, 0.4) is 0 Å². The van der Waals surface area contributed by atoms with Gasteiger partial charge in [0.15, 0.2) is 0 Å². The number of hydrogen-bond acceptors (Lipinski definition) is 4. The lowest BCUT2D eigenvalue weighted by atomic mass is 10.5. The first-order chi connectivity index (χ1) is 4.91. The van der Waals surface area contributed by atoms with Crippen molar-refractivity contribution < 1.29 is 10.2 Å². The average Bonchev–Trinajstić information content (AvgIpc) is 1.97. The second-order valence-corrected chi connectivity index (χ2v) is 4.50. The molecule has 0 radical (unpaired) electrons. The molecule has 0 amide bonds. The molecule has 0 saturated heterocycles. The van der Waals surface area contributed by atoms with Gasteiger partial charge in [-0.3, -0.25) is 0 Å². The summed E-state index contributed by atoms with van der Waals surface area (Å²) in [6.07, 6.45) is 1.74. The van der Waals surface area contributed by atoms with Crippen LogP contribution in [-0.4, -0.2) is 34.9 Å². The summed E-state index contributed by atoms with van der Waals surface area (Å²) in [4.78, 5) is 0. The minimum absolute atomic E-state index is 0. The molecule has 6 heteroatoms. The molecular formula is C6H16Br2O2S2. The van der Waals surface area contributed by atoms with Crippen molar-refractivity contribution >= 4 is 55.6 Å². The van der Waals surface area contributed by atoms with E-state index in [4.69, 9.17) is 10.2 Å². The van der Waals surface area contributed by atoms with E-state index in [2.05, 4.69) is 0 Å². The lowest BCUT2D eigenvalue weighted by Gasteiger charge is -1.96. The highest BCUT2D eigenvalue weighted by molar-refractivity contribution is 8.93. The fourth-order valence-corrected chi connectivity index (χ4v) is 2.51. The van der Waals surface area contributed by atoms with E-state index >= 15 is 0 Å². The third-order valence-corrected chi connectivity index (χ3v) is 3.43. The maximum atomic E-state index is 8.41. The van der Waals surface area contributed by atoms with Crippen LogP contribution < -0.4 is 0 Å². The predicted molar refractivity (Wildman–Crippen MR) is 69.0 cm³/mol. The Labute approximate surface area is 103 Å².